The number of carbonyl (C=O) groups excluding carboxylic acids is 8. The van der Waals surface area contributed by atoms with Crippen LogP contribution in [0.25, 0.3) is 86.2 Å². The van der Waals surface area contributed by atoms with Crippen LogP contribution in [0, 0.1) is 0 Å². The molecule has 0 fully saturated rings. The van der Waals surface area contributed by atoms with Crippen molar-refractivity contribution in [1.82, 2.24) is 19.9 Å². The molecule has 0 radical (unpaired) electrons. The van der Waals surface area contributed by atoms with Crippen LogP contribution in [0.4, 0.5) is 23.3 Å². The predicted molar refractivity (Wildman–Crippen MR) is 317 cm³/mol. The summed E-state index contributed by atoms with van der Waals surface area (Å²) in [7, 11) is 0. The minimum atomic E-state index is -0.434. The van der Waals surface area contributed by atoms with Crippen LogP contribution < -0.4 is 19.6 Å². The van der Waals surface area contributed by atoms with Crippen LogP contribution in [0.1, 0.15) is 82.9 Å². The molecule has 4 aromatic heterocycles. The molecule has 14 aromatic rings. The normalized spacial score (nSPS) is 14.8. The standard InChI is InChI=1S/2C34H16N4O4/c2*39-31-21-11-7-17-19-9-13-23-30-24(34(42)38(33(23)41)26-6-2-4-16-36-26)14-10-20(28(19)30)18-8-12-22(29(21)27(17)18)32(40)37(31)25-5-1-3-15-35-25/h2*1-16H. The molecule has 0 saturated heterocycles. The van der Waals surface area contributed by atoms with E-state index in [1.54, 1.807) is 146 Å². The van der Waals surface area contributed by atoms with Crippen LogP contribution in [0.5, 0.6) is 0 Å². The fraction of sp³-hybridized carbons (Fsp3) is 0. The van der Waals surface area contributed by atoms with E-state index in [1.165, 1.54) is 0 Å². The minimum Gasteiger partial charge on any atom is -0.268 e. The van der Waals surface area contributed by atoms with Gasteiger partial charge in [-0.1, -0.05) is 72.8 Å². The van der Waals surface area contributed by atoms with Gasteiger partial charge in [-0.15, -0.1) is 0 Å². The van der Waals surface area contributed by atoms with Gasteiger partial charge in [-0.3, -0.25) is 38.4 Å². The van der Waals surface area contributed by atoms with Gasteiger partial charge in [0.15, 0.2) is 0 Å². The number of nitrogens with zero attached hydrogens (tertiary/aromatic N) is 8. The molecule has 0 N–H and O–H groups in total. The first-order valence-electron chi connectivity index (χ1n) is 26.7. The second-order valence-electron chi connectivity index (χ2n) is 20.8. The number of aromatic nitrogens is 4. The monoisotopic (exact) mass is 1090 g/mol. The summed E-state index contributed by atoms with van der Waals surface area (Å²) in [5.74, 6) is -2.39. The van der Waals surface area contributed by atoms with E-state index in [9.17, 15) is 38.4 Å². The Balaban J connectivity index is 0.000000132. The molecule has 8 heterocycles. The molecule has 0 unspecified atom stereocenters. The third-order valence-electron chi connectivity index (χ3n) is 16.8. The maximum Gasteiger partial charge on any atom is 0.267 e. The molecule has 18 rings (SSSR count). The zero-order valence-corrected chi connectivity index (χ0v) is 43.3. The lowest BCUT2D eigenvalue weighted by Gasteiger charge is -2.29. The fourth-order valence-electron chi connectivity index (χ4n) is 13.3. The van der Waals surface area contributed by atoms with E-state index in [4.69, 9.17) is 0 Å². The Labute approximate surface area is 471 Å². The average molecular weight is 1090 g/mol. The minimum absolute atomic E-state index is 0.269. The number of hydrogen-bond acceptors (Lipinski definition) is 12. The lowest BCUT2D eigenvalue weighted by Crippen LogP contribution is -2.41. The van der Waals surface area contributed by atoms with E-state index in [0.717, 1.165) is 84.2 Å². The highest BCUT2D eigenvalue weighted by molar-refractivity contribution is 6.47. The first-order chi connectivity index (χ1) is 41.1. The van der Waals surface area contributed by atoms with Gasteiger partial charge in [-0.25, -0.2) is 39.5 Å². The second-order valence-corrected chi connectivity index (χ2v) is 20.8. The molecular weight excluding hydrogens is 1060 g/mol. The number of amides is 8. The van der Waals surface area contributed by atoms with Gasteiger partial charge in [0.1, 0.15) is 23.3 Å². The Morgan fingerprint density at radius 1 is 0.190 bits per heavy atom. The summed E-state index contributed by atoms with van der Waals surface area (Å²) in [6.07, 6.45) is 6.19. The number of imide groups is 4. The molecule has 0 aliphatic carbocycles. The SMILES string of the molecule is O=C1c2ccc3c4ccc5c6c(ccc(c7ccc(c2c37)C(=O)N1c1ccccn1)c64)C(=O)N(c1ccccn1)C5=O.O=C1c2ccc3c4ccc5c6c(ccc(c7ccc(c2c37)C(=O)N1c1ccccn1)c64)C(=O)N(c1ccccn1)C5=O. The summed E-state index contributed by atoms with van der Waals surface area (Å²) in [5, 5.41) is 12.3. The number of fused-ring (bicyclic) bond motifs is 4. The van der Waals surface area contributed by atoms with Crippen molar-refractivity contribution < 1.29 is 38.4 Å². The van der Waals surface area contributed by atoms with Gasteiger partial charge < -0.3 is 0 Å². The number of carbonyl (C=O) groups is 8. The highest BCUT2D eigenvalue weighted by Gasteiger charge is 2.41. The molecule has 0 saturated carbocycles. The molecule has 0 atom stereocenters. The average Bonchev–Trinajstić information content (AvgIpc) is 1.05. The van der Waals surface area contributed by atoms with Crippen molar-refractivity contribution in [1.29, 1.82) is 0 Å². The molecule has 16 nitrogen and oxygen atoms in total. The van der Waals surface area contributed by atoms with Gasteiger partial charge in [0, 0.05) is 90.8 Å². The Bertz CT molecular complexity index is 4530. The van der Waals surface area contributed by atoms with Crippen molar-refractivity contribution >= 4 is 157 Å². The van der Waals surface area contributed by atoms with Crippen molar-refractivity contribution in [3.63, 3.8) is 0 Å². The highest BCUT2D eigenvalue weighted by atomic mass is 16.2. The molecule has 8 amide bonds. The molecule has 392 valence electrons. The zero-order chi connectivity index (χ0) is 56.5. The lowest BCUT2D eigenvalue weighted by molar-refractivity contribution is 0.0876. The third kappa shape index (κ3) is 5.98. The molecule has 4 aliphatic heterocycles. The summed E-state index contributed by atoms with van der Waals surface area (Å²) in [6.45, 7) is 0. The van der Waals surface area contributed by atoms with Crippen LogP contribution in [-0.2, 0) is 0 Å². The summed E-state index contributed by atoms with van der Waals surface area (Å²) >= 11 is 0. The van der Waals surface area contributed by atoms with E-state index >= 15 is 0 Å². The summed E-state index contributed by atoms with van der Waals surface area (Å²) < 4.78 is 0. The van der Waals surface area contributed by atoms with Gasteiger partial charge >= 0.3 is 0 Å². The molecular formula is C68H32N8O8. The molecule has 84 heavy (non-hydrogen) atoms. The van der Waals surface area contributed by atoms with Gasteiger partial charge in [0.05, 0.1) is 0 Å². The molecule has 16 heteroatoms. The van der Waals surface area contributed by atoms with E-state index in [2.05, 4.69) is 19.9 Å². The van der Waals surface area contributed by atoms with E-state index in [1.807, 2.05) is 48.5 Å². The Hall–Kier alpha value is -12.0. The number of pyridine rings is 4. The molecule has 0 bridgehead atoms. The van der Waals surface area contributed by atoms with E-state index in [0.29, 0.717) is 66.1 Å². The van der Waals surface area contributed by atoms with Gasteiger partial charge in [0.2, 0.25) is 0 Å². The fourth-order valence-corrected chi connectivity index (χ4v) is 13.3. The highest BCUT2D eigenvalue weighted by Crippen LogP contribution is 2.49. The van der Waals surface area contributed by atoms with Crippen molar-refractivity contribution in [3.05, 3.63) is 239 Å². The smallest absolute Gasteiger partial charge is 0.267 e. The molecule has 10 aromatic carbocycles. The topological polar surface area (TPSA) is 201 Å². The Kier molecular flexibility index (Phi) is 9.34. The zero-order valence-electron chi connectivity index (χ0n) is 43.3. The van der Waals surface area contributed by atoms with E-state index in [-0.39, 0.29) is 23.3 Å². The maximum atomic E-state index is 13.7. The van der Waals surface area contributed by atoms with Crippen LogP contribution in [0.15, 0.2) is 195 Å². The summed E-state index contributed by atoms with van der Waals surface area (Å²) in [5.41, 5.74) is 3.34. The largest absolute Gasteiger partial charge is 0.268 e. The molecule has 4 aliphatic rings. The van der Waals surface area contributed by atoms with Crippen LogP contribution in [0.2, 0.25) is 0 Å². The van der Waals surface area contributed by atoms with Gasteiger partial charge in [-0.2, -0.15) is 0 Å². The van der Waals surface area contributed by atoms with Crippen molar-refractivity contribution in [3.8, 4) is 0 Å². The van der Waals surface area contributed by atoms with Crippen molar-refractivity contribution in [2.75, 3.05) is 19.6 Å². The predicted octanol–water partition coefficient (Wildman–Crippen LogP) is 12.3. The number of anilines is 4. The van der Waals surface area contributed by atoms with E-state index < -0.39 is 47.3 Å². The Morgan fingerprint density at radius 3 is 0.500 bits per heavy atom. The summed E-state index contributed by atoms with van der Waals surface area (Å²) in [6, 6.07) is 49.4. The quantitative estimate of drug-likeness (QED) is 0.0918. The number of rotatable bonds is 4. The first-order valence-corrected chi connectivity index (χ1v) is 26.7. The maximum absolute atomic E-state index is 13.7. The Morgan fingerprint density at radius 2 is 0.357 bits per heavy atom. The number of benzene rings is 10. The van der Waals surface area contributed by atoms with Gasteiger partial charge in [-0.05, 0) is 162 Å². The second kappa shape index (κ2) is 16.8. The van der Waals surface area contributed by atoms with Crippen LogP contribution in [0.3, 0.4) is 0 Å². The van der Waals surface area contributed by atoms with Crippen molar-refractivity contribution in [2.24, 2.45) is 0 Å². The third-order valence-corrected chi connectivity index (χ3v) is 16.8. The first kappa shape index (κ1) is 46.8. The van der Waals surface area contributed by atoms with Crippen molar-refractivity contribution in [2.45, 2.75) is 0 Å². The van der Waals surface area contributed by atoms with Crippen LogP contribution in [-0.4, -0.2) is 67.2 Å². The summed E-state index contributed by atoms with van der Waals surface area (Å²) in [4.78, 5) is 131. The van der Waals surface area contributed by atoms with Gasteiger partial charge in [0.25, 0.3) is 47.3 Å². The lowest BCUT2D eigenvalue weighted by atomic mass is 9.82. The number of hydrogen-bond donors (Lipinski definition) is 0. The molecule has 0 spiro atoms. The van der Waals surface area contributed by atoms with Crippen LogP contribution >= 0.6 is 0 Å².